The van der Waals surface area contributed by atoms with Gasteiger partial charge in [-0.3, -0.25) is 0 Å². The maximum absolute atomic E-state index is 13.9. The minimum absolute atomic E-state index is 0.402. The Morgan fingerprint density at radius 2 is 1.83 bits per heavy atom. The monoisotopic (exact) mass is 173 g/mol. The van der Waals surface area contributed by atoms with Crippen molar-refractivity contribution in [1.29, 1.82) is 0 Å². The Labute approximate surface area is 74.7 Å². The average molecular weight is 173 g/mol. The quantitative estimate of drug-likeness (QED) is 0.692. The van der Waals surface area contributed by atoms with Crippen LogP contribution in [0, 0.1) is 0 Å². The molecule has 12 heavy (non-hydrogen) atoms. The van der Waals surface area contributed by atoms with Crippen molar-refractivity contribution in [3.05, 3.63) is 0 Å². The van der Waals surface area contributed by atoms with Crippen LogP contribution in [0.25, 0.3) is 0 Å². The molecule has 1 saturated carbocycles. The van der Waals surface area contributed by atoms with Crippen molar-refractivity contribution < 1.29 is 4.39 Å². The third kappa shape index (κ3) is 3.10. The Hall–Kier alpha value is -0.110. The smallest absolute Gasteiger partial charge is 0.123 e. The lowest BCUT2D eigenvalue weighted by atomic mass is 9.86. The fourth-order valence-corrected chi connectivity index (χ4v) is 1.75. The van der Waals surface area contributed by atoms with E-state index in [0.717, 1.165) is 25.7 Å². The Kier molecular flexibility index (Phi) is 3.51. The summed E-state index contributed by atoms with van der Waals surface area (Å²) in [6.45, 7) is 4.67. The Morgan fingerprint density at radius 3 is 2.33 bits per heavy atom. The lowest BCUT2D eigenvalue weighted by Crippen LogP contribution is -2.40. The summed E-state index contributed by atoms with van der Waals surface area (Å²) in [5.74, 6) is 0. The van der Waals surface area contributed by atoms with Gasteiger partial charge in [-0.05, 0) is 12.8 Å². The van der Waals surface area contributed by atoms with Crippen LogP contribution in [0.1, 0.15) is 46.0 Å². The summed E-state index contributed by atoms with van der Waals surface area (Å²) in [6.07, 6.45) is 4.86. The zero-order valence-electron chi connectivity index (χ0n) is 8.20. The normalized spacial score (nSPS) is 23.0. The van der Waals surface area contributed by atoms with E-state index in [0.29, 0.717) is 12.6 Å². The predicted molar refractivity (Wildman–Crippen MR) is 50.1 cm³/mol. The fourth-order valence-electron chi connectivity index (χ4n) is 1.75. The number of rotatable bonds is 3. The molecule has 0 atom stereocenters. The van der Waals surface area contributed by atoms with Crippen molar-refractivity contribution in [2.45, 2.75) is 57.7 Å². The fraction of sp³-hybridized carbons (Fsp3) is 1.00. The molecule has 2 heteroatoms. The van der Waals surface area contributed by atoms with E-state index in [1.165, 1.54) is 6.42 Å². The standard InChI is InChI=1S/C10H20FN/c1-9(2)12-8-10(11)6-4-3-5-7-10/h9,12H,3-8H2,1-2H3. The van der Waals surface area contributed by atoms with E-state index < -0.39 is 5.67 Å². The van der Waals surface area contributed by atoms with E-state index >= 15 is 0 Å². The van der Waals surface area contributed by atoms with Crippen LogP contribution in [-0.4, -0.2) is 18.3 Å². The molecule has 0 saturated heterocycles. The second kappa shape index (κ2) is 4.22. The number of halogens is 1. The molecule has 0 aromatic carbocycles. The van der Waals surface area contributed by atoms with E-state index in [1.807, 2.05) is 0 Å². The molecule has 0 radical (unpaired) electrons. The van der Waals surface area contributed by atoms with Gasteiger partial charge in [-0.15, -0.1) is 0 Å². The first-order chi connectivity index (χ1) is 5.62. The first-order valence-electron chi connectivity index (χ1n) is 5.05. The number of hydrogen-bond acceptors (Lipinski definition) is 1. The van der Waals surface area contributed by atoms with Crippen molar-refractivity contribution in [2.24, 2.45) is 0 Å². The molecule has 1 aliphatic carbocycles. The molecule has 1 rings (SSSR count). The van der Waals surface area contributed by atoms with Crippen LogP contribution >= 0.6 is 0 Å². The van der Waals surface area contributed by atoms with Gasteiger partial charge in [-0.2, -0.15) is 0 Å². The second-order valence-corrected chi connectivity index (χ2v) is 4.25. The highest BCUT2D eigenvalue weighted by Gasteiger charge is 2.31. The van der Waals surface area contributed by atoms with Gasteiger partial charge >= 0.3 is 0 Å². The van der Waals surface area contributed by atoms with Crippen molar-refractivity contribution in [2.75, 3.05) is 6.54 Å². The summed E-state index contributed by atoms with van der Waals surface area (Å²) in [7, 11) is 0. The summed E-state index contributed by atoms with van der Waals surface area (Å²) in [4.78, 5) is 0. The zero-order chi connectivity index (χ0) is 9.03. The Bertz CT molecular complexity index is 128. The molecule has 72 valence electrons. The number of nitrogens with one attached hydrogen (secondary N) is 1. The second-order valence-electron chi connectivity index (χ2n) is 4.25. The summed E-state index contributed by atoms with van der Waals surface area (Å²) in [5, 5.41) is 3.18. The van der Waals surface area contributed by atoms with Crippen molar-refractivity contribution in [3.63, 3.8) is 0 Å². The van der Waals surface area contributed by atoms with Crippen LogP contribution in [-0.2, 0) is 0 Å². The van der Waals surface area contributed by atoms with E-state index in [4.69, 9.17) is 0 Å². The van der Waals surface area contributed by atoms with Gasteiger partial charge in [-0.25, -0.2) is 4.39 Å². The van der Waals surface area contributed by atoms with E-state index in [2.05, 4.69) is 19.2 Å². The SMILES string of the molecule is CC(C)NCC1(F)CCCCC1. The van der Waals surface area contributed by atoms with Crippen LogP contribution in [0.15, 0.2) is 0 Å². The molecule has 1 aliphatic rings. The van der Waals surface area contributed by atoms with Crippen molar-refractivity contribution in [3.8, 4) is 0 Å². The van der Waals surface area contributed by atoms with Gasteiger partial charge < -0.3 is 5.32 Å². The molecule has 0 bridgehead atoms. The molecular weight excluding hydrogens is 153 g/mol. The van der Waals surface area contributed by atoms with Crippen LogP contribution in [0.4, 0.5) is 4.39 Å². The maximum Gasteiger partial charge on any atom is 0.123 e. The molecule has 1 fully saturated rings. The highest BCUT2D eigenvalue weighted by molar-refractivity contribution is 4.85. The molecule has 0 unspecified atom stereocenters. The third-order valence-corrected chi connectivity index (χ3v) is 2.58. The highest BCUT2D eigenvalue weighted by atomic mass is 19.1. The summed E-state index contributed by atoms with van der Waals surface area (Å²) < 4.78 is 13.9. The van der Waals surface area contributed by atoms with Gasteiger partial charge in [0.05, 0.1) is 0 Å². The molecule has 0 amide bonds. The van der Waals surface area contributed by atoms with Gasteiger partial charge in [0.1, 0.15) is 5.67 Å². The van der Waals surface area contributed by atoms with Crippen molar-refractivity contribution in [1.82, 2.24) is 5.32 Å². The van der Waals surface area contributed by atoms with Gasteiger partial charge in [-0.1, -0.05) is 33.1 Å². The van der Waals surface area contributed by atoms with Crippen LogP contribution in [0.5, 0.6) is 0 Å². The van der Waals surface area contributed by atoms with E-state index in [-0.39, 0.29) is 0 Å². The van der Waals surface area contributed by atoms with Crippen LogP contribution in [0.2, 0.25) is 0 Å². The minimum atomic E-state index is -0.900. The summed E-state index contributed by atoms with van der Waals surface area (Å²) in [6, 6.07) is 0.402. The third-order valence-electron chi connectivity index (χ3n) is 2.58. The first-order valence-corrected chi connectivity index (χ1v) is 5.05. The van der Waals surface area contributed by atoms with Gasteiger partial charge in [0.15, 0.2) is 0 Å². The van der Waals surface area contributed by atoms with Crippen molar-refractivity contribution >= 4 is 0 Å². The van der Waals surface area contributed by atoms with Crippen LogP contribution in [0.3, 0.4) is 0 Å². The Balaban J connectivity index is 2.26. The molecule has 0 aromatic heterocycles. The van der Waals surface area contributed by atoms with Crippen LogP contribution < -0.4 is 5.32 Å². The Morgan fingerprint density at radius 1 is 1.25 bits per heavy atom. The first kappa shape index (κ1) is 9.97. The molecule has 1 nitrogen and oxygen atoms in total. The maximum atomic E-state index is 13.9. The largest absolute Gasteiger partial charge is 0.311 e. The zero-order valence-corrected chi connectivity index (χ0v) is 8.20. The minimum Gasteiger partial charge on any atom is -0.311 e. The number of alkyl halides is 1. The van der Waals surface area contributed by atoms with E-state index in [9.17, 15) is 4.39 Å². The van der Waals surface area contributed by atoms with Gasteiger partial charge in [0.25, 0.3) is 0 Å². The molecule has 0 spiro atoms. The average Bonchev–Trinajstić information content (AvgIpc) is 2.03. The highest BCUT2D eigenvalue weighted by Crippen LogP contribution is 2.30. The van der Waals surface area contributed by atoms with E-state index in [1.54, 1.807) is 0 Å². The molecule has 0 heterocycles. The summed E-state index contributed by atoms with van der Waals surface area (Å²) in [5.41, 5.74) is -0.900. The van der Waals surface area contributed by atoms with Gasteiger partial charge in [0.2, 0.25) is 0 Å². The number of hydrogen-bond donors (Lipinski definition) is 1. The topological polar surface area (TPSA) is 12.0 Å². The lowest BCUT2D eigenvalue weighted by Gasteiger charge is -2.30. The predicted octanol–water partition coefficient (Wildman–Crippen LogP) is 2.66. The summed E-state index contributed by atoms with van der Waals surface area (Å²) >= 11 is 0. The molecule has 0 aliphatic heterocycles. The molecule has 0 aromatic rings. The molecular formula is C10H20FN. The van der Waals surface area contributed by atoms with Gasteiger partial charge in [0, 0.05) is 12.6 Å². The lowest BCUT2D eigenvalue weighted by molar-refractivity contribution is 0.103. The molecule has 1 N–H and O–H groups in total.